The molecule has 2 rings (SSSR count). The van der Waals surface area contributed by atoms with Crippen LogP contribution < -0.4 is 11.1 Å². The average Bonchev–Trinajstić information content (AvgIpc) is 3.07. The Labute approximate surface area is 102 Å². The van der Waals surface area contributed by atoms with Gasteiger partial charge < -0.3 is 11.1 Å². The number of hydrogen-bond acceptors (Lipinski definition) is 3. The fourth-order valence-corrected chi connectivity index (χ4v) is 2.11. The first kappa shape index (κ1) is 12.0. The van der Waals surface area contributed by atoms with E-state index in [0.717, 1.165) is 12.2 Å². The number of rotatable bonds is 5. The van der Waals surface area contributed by atoms with Gasteiger partial charge in [-0.05, 0) is 49.8 Å². The van der Waals surface area contributed by atoms with Gasteiger partial charge in [-0.15, -0.1) is 0 Å². The summed E-state index contributed by atoms with van der Waals surface area (Å²) in [6.07, 6.45) is 3.86. The highest BCUT2D eigenvalue weighted by Gasteiger charge is 2.40. The lowest BCUT2D eigenvalue weighted by atomic mass is 10.0. The monoisotopic (exact) mass is 232 g/mol. The standard InChI is InChI=1S/C14H20N2O/c1-3-14(6-7-14)9-16-11-4-5-12(10(2)17)13(15)8-11/h4-5,8,16H,3,6-7,9,15H2,1-2H3. The summed E-state index contributed by atoms with van der Waals surface area (Å²) in [5.74, 6) is 0.0151. The molecule has 0 radical (unpaired) electrons. The zero-order chi connectivity index (χ0) is 12.5. The van der Waals surface area contributed by atoms with Gasteiger partial charge in [0.25, 0.3) is 0 Å². The van der Waals surface area contributed by atoms with E-state index in [9.17, 15) is 4.79 Å². The Morgan fingerprint density at radius 1 is 1.47 bits per heavy atom. The summed E-state index contributed by atoms with van der Waals surface area (Å²) in [5.41, 5.74) is 8.53. The van der Waals surface area contributed by atoms with Gasteiger partial charge in [-0.3, -0.25) is 4.79 Å². The molecule has 0 spiro atoms. The Balaban J connectivity index is 2.03. The van der Waals surface area contributed by atoms with Crippen LogP contribution in [0.2, 0.25) is 0 Å². The van der Waals surface area contributed by atoms with E-state index in [-0.39, 0.29) is 5.78 Å². The van der Waals surface area contributed by atoms with Crippen LogP contribution in [0.15, 0.2) is 18.2 Å². The molecule has 3 nitrogen and oxygen atoms in total. The number of nitrogen functional groups attached to an aromatic ring is 1. The maximum Gasteiger partial charge on any atom is 0.161 e. The molecule has 0 heterocycles. The predicted octanol–water partition coefficient (Wildman–Crippen LogP) is 3.07. The Morgan fingerprint density at radius 2 is 2.18 bits per heavy atom. The van der Waals surface area contributed by atoms with Gasteiger partial charge >= 0.3 is 0 Å². The zero-order valence-corrected chi connectivity index (χ0v) is 10.5. The molecule has 0 unspecified atom stereocenters. The third kappa shape index (κ3) is 2.60. The summed E-state index contributed by atoms with van der Waals surface area (Å²) >= 11 is 0. The molecule has 0 amide bonds. The van der Waals surface area contributed by atoms with Gasteiger partial charge in [-0.2, -0.15) is 0 Å². The van der Waals surface area contributed by atoms with Crippen molar-refractivity contribution in [3.05, 3.63) is 23.8 Å². The molecule has 0 aliphatic heterocycles. The number of nitrogens with two attached hydrogens (primary N) is 1. The molecular formula is C14H20N2O. The lowest BCUT2D eigenvalue weighted by Crippen LogP contribution is -2.14. The number of ketones is 1. The lowest BCUT2D eigenvalue weighted by molar-refractivity contribution is 0.101. The minimum Gasteiger partial charge on any atom is -0.398 e. The van der Waals surface area contributed by atoms with Crippen molar-refractivity contribution in [3.63, 3.8) is 0 Å². The van der Waals surface area contributed by atoms with E-state index in [0.29, 0.717) is 16.7 Å². The normalized spacial score (nSPS) is 16.6. The Bertz CT molecular complexity index is 436. The zero-order valence-electron chi connectivity index (χ0n) is 10.5. The van der Waals surface area contributed by atoms with Crippen molar-refractivity contribution in [1.82, 2.24) is 0 Å². The van der Waals surface area contributed by atoms with Crippen LogP contribution in [0.3, 0.4) is 0 Å². The van der Waals surface area contributed by atoms with Gasteiger partial charge in [0.2, 0.25) is 0 Å². The van der Waals surface area contributed by atoms with E-state index < -0.39 is 0 Å². The Morgan fingerprint density at radius 3 is 2.65 bits per heavy atom. The van der Waals surface area contributed by atoms with Gasteiger partial charge in [0.1, 0.15) is 0 Å². The van der Waals surface area contributed by atoms with Crippen molar-refractivity contribution in [2.45, 2.75) is 33.1 Å². The summed E-state index contributed by atoms with van der Waals surface area (Å²) in [6, 6.07) is 5.58. The van der Waals surface area contributed by atoms with Crippen LogP contribution in [0, 0.1) is 5.41 Å². The van der Waals surface area contributed by atoms with Crippen LogP contribution in [-0.2, 0) is 0 Å². The second-order valence-electron chi connectivity index (χ2n) is 5.07. The van der Waals surface area contributed by atoms with E-state index in [2.05, 4.69) is 12.2 Å². The minimum absolute atomic E-state index is 0.0151. The molecular weight excluding hydrogens is 212 g/mol. The lowest BCUT2D eigenvalue weighted by Gasteiger charge is -2.15. The van der Waals surface area contributed by atoms with E-state index in [1.165, 1.54) is 26.2 Å². The number of anilines is 2. The van der Waals surface area contributed by atoms with Crippen LogP contribution in [0.1, 0.15) is 43.5 Å². The number of Topliss-reactive ketones (excluding diaryl/α,β-unsaturated/α-hetero) is 1. The highest BCUT2D eigenvalue weighted by atomic mass is 16.1. The SMILES string of the molecule is CCC1(CNc2ccc(C(C)=O)c(N)c2)CC1. The van der Waals surface area contributed by atoms with Crippen molar-refractivity contribution in [1.29, 1.82) is 0 Å². The molecule has 3 heteroatoms. The summed E-state index contributed by atoms with van der Waals surface area (Å²) in [7, 11) is 0. The predicted molar refractivity (Wildman–Crippen MR) is 71.3 cm³/mol. The molecule has 0 aromatic heterocycles. The molecule has 1 aromatic rings. The van der Waals surface area contributed by atoms with E-state index in [4.69, 9.17) is 5.73 Å². The minimum atomic E-state index is 0.0151. The number of carbonyl (C=O) groups is 1. The summed E-state index contributed by atoms with van der Waals surface area (Å²) < 4.78 is 0. The fourth-order valence-electron chi connectivity index (χ4n) is 2.11. The molecule has 1 aromatic carbocycles. The molecule has 0 saturated heterocycles. The van der Waals surface area contributed by atoms with Gasteiger partial charge in [0, 0.05) is 23.5 Å². The van der Waals surface area contributed by atoms with Crippen LogP contribution in [0.5, 0.6) is 0 Å². The largest absolute Gasteiger partial charge is 0.398 e. The van der Waals surface area contributed by atoms with Gasteiger partial charge in [0.05, 0.1) is 0 Å². The highest BCUT2D eigenvalue weighted by Crippen LogP contribution is 2.48. The van der Waals surface area contributed by atoms with Crippen molar-refractivity contribution in [2.75, 3.05) is 17.6 Å². The third-order valence-corrected chi connectivity index (χ3v) is 3.81. The molecule has 1 saturated carbocycles. The van der Waals surface area contributed by atoms with E-state index >= 15 is 0 Å². The summed E-state index contributed by atoms with van der Waals surface area (Å²) in [5, 5.41) is 3.41. The molecule has 3 N–H and O–H groups in total. The quantitative estimate of drug-likeness (QED) is 0.606. The van der Waals surface area contributed by atoms with Crippen LogP contribution >= 0.6 is 0 Å². The van der Waals surface area contributed by atoms with Crippen molar-refractivity contribution >= 4 is 17.2 Å². The number of benzene rings is 1. The van der Waals surface area contributed by atoms with Crippen LogP contribution in [0.4, 0.5) is 11.4 Å². The summed E-state index contributed by atoms with van der Waals surface area (Å²) in [6.45, 7) is 4.78. The second kappa shape index (κ2) is 4.40. The van der Waals surface area contributed by atoms with Crippen LogP contribution in [0.25, 0.3) is 0 Å². The fraction of sp³-hybridized carbons (Fsp3) is 0.500. The highest BCUT2D eigenvalue weighted by molar-refractivity contribution is 5.99. The average molecular weight is 232 g/mol. The van der Waals surface area contributed by atoms with E-state index in [1.54, 1.807) is 6.07 Å². The maximum absolute atomic E-state index is 11.3. The molecule has 17 heavy (non-hydrogen) atoms. The first-order valence-corrected chi connectivity index (χ1v) is 6.21. The number of hydrogen-bond donors (Lipinski definition) is 2. The first-order chi connectivity index (χ1) is 8.06. The smallest absolute Gasteiger partial charge is 0.161 e. The summed E-state index contributed by atoms with van der Waals surface area (Å²) in [4.78, 5) is 11.3. The Kier molecular flexibility index (Phi) is 3.09. The third-order valence-electron chi connectivity index (χ3n) is 3.81. The number of nitrogens with one attached hydrogen (secondary N) is 1. The van der Waals surface area contributed by atoms with Crippen molar-refractivity contribution in [2.24, 2.45) is 5.41 Å². The molecule has 1 fully saturated rings. The second-order valence-corrected chi connectivity index (χ2v) is 5.07. The maximum atomic E-state index is 11.3. The van der Waals surface area contributed by atoms with Gasteiger partial charge in [-0.25, -0.2) is 0 Å². The van der Waals surface area contributed by atoms with Gasteiger partial charge in [-0.1, -0.05) is 6.92 Å². The van der Waals surface area contributed by atoms with E-state index in [1.807, 2.05) is 12.1 Å². The molecule has 92 valence electrons. The molecule has 0 bridgehead atoms. The van der Waals surface area contributed by atoms with Crippen LogP contribution in [-0.4, -0.2) is 12.3 Å². The van der Waals surface area contributed by atoms with Gasteiger partial charge in [0.15, 0.2) is 5.78 Å². The van der Waals surface area contributed by atoms with Crippen molar-refractivity contribution < 1.29 is 4.79 Å². The number of carbonyl (C=O) groups excluding carboxylic acids is 1. The molecule has 1 aliphatic rings. The first-order valence-electron chi connectivity index (χ1n) is 6.21. The molecule has 1 aliphatic carbocycles. The van der Waals surface area contributed by atoms with Crippen molar-refractivity contribution in [3.8, 4) is 0 Å². The topological polar surface area (TPSA) is 55.1 Å². The Hall–Kier alpha value is -1.51. The molecule has 0 atom stereocenters.